The van der Waals surface area contributed by atoms with Crippen molar-refractivity contribution in [3.63, 3.8) is 0 Å². The number of fused-ring (bicyclic) bond motifs is 1. The van der Waals surface area contributed by atoms with Crippen molar-refractivity contribution in [2.45, 2.75) is 39.3 Å². The Hall–Kier alpha value is -2.32. The largest absolute Gasteiger partial charge is 0.494 e. The van der Waals surface area contributed by atoms with Gasteiger partial charge in [0.1, 0.15) is 5.75 Å². The Kier molecular flexibility index (Phi) is 6.08. The second-order valence-electron chi connectivity index (χ2n) is 6.33. The van der Waals surface area contributed by atoms with Gasteiger partial charge in [-0.15, -0.1) is 0 Å². The average Bonchev–Trinajstić information content (AvgIpc) is 2.67. The van der Waals surface area contributed by atoms with Gasteiger partial charge in [0.2, 0.25) is 0 Å². The summed E-state index contributed by atoms with van der Waals surface area (Å²) in [6, 6.07) is 23.9. The summed E-state index contributed by atoms with van der Waals surface area (Å²) in [6.07, 6.45) is 2.28. The van der Waals surface area contributed by atoms with E-state index in [0.29, 0.717) is 12.6 Å². The predicted molar refractivity (Wildman–Crippen MR) is 106 cm³/mol. The second kappa shape index (κ2) is 8.68. The number of rotatable bonds is 8. The van der Waals surface area contributed by atoms with E-state index in [1.165, 1.54) is 21.9 Å². The quantitative estimate of drug-likeness (QED) is 0.556. The first-order valence-electron chi connectivity index (χ1n) is 9.25. The van der Waals surface area contributed by atoms with Gasteiger partial charge >= 0.3 is 0 Å². The number of nitrogens with one attached hydrogen (secondary N) is 1. The number of hydrogen-bond acceptors (Lipinski definition) is 2. The van der Waals surface area contributed by atoms with Gasteiger partial charge in [0.15, 0.2) is 0 Å². The molecule has 0 spiro atoms. The highest BCUT2D eigenvalue weighted by Gasteiger charge is 2.13. The molecule has 0 bridgehead atoms. The third-order valence-electron chi connectivity index (χ3n) is 4.60. The molecule has 0 radical (unpaired) electrons. The highest BCUT2D eigenvalue weighted by molar-refractivity contribution is 5.87. The summed E-state index contributed by atoms with van der Waals surface area (Å²) in [5.41, 5.74) is 2.60. The first-order chi connectivity index (χ1) is 12.3. The monoisotopic (exact) mass is 333 g/mol. The van der Waals surface area contributed by atoms with Crippen LogP contribution in [0.4, 0.5) is 0 Å². The Bertz CT molecular complexity index is 798. The summed E-state index contributed by atoms with van der Waals surface area (Å²) in [5, 5.41) is 6.29. The Morgan fingerprint density at radius 2 is 1.64 bits per heavy atom. The van der Waals surface area contributed by atoms with E-state index in [2.05, 4.69) is 79.0 Å². The predicted octanol–water partition coefficient (Wildman–Crippen LogP) is 5.87. The summed E-state index contributed by atoms with van der Waals surface area (Å²) >= 11 is 0. The molecule has 1 unspecified atom stereocenters. The van der Waals surface area contributed by atoms with Crippen LogP contribution in [0.5, 0.6) is 5.75 Å². The van der Waals surface area contributed by atoms with Gasteiger partial charge in [0.25, 0.3) is 0 Å². The molecule has 1 N–H and O–H groups in total. The summed E-state index contributed by atoms with van der Waals surface area (Å²) in [6.45, 7) is 5.76. The second-order valence-corrected chi connectivity index (χ2v) is 6.33. The Labute approximate surface area is 150 Å². The molecule has 0 aliphatic rings. The van der Waals surface area contributed by atoms with Gasteiger partial charge in [-0.05, 0) is 35.7 Å². The minimum Gasteiger partial charge on any atom is -0.494 e. The van der Waals surface area contributed by atoms with Gasteiger partial charge in [-0.1, -0.05) is 74.0 Å². The Morgan fingerprint density at radius 1 is 0.880 bits per heavy atom. The highest BCUT2D eigenvalue weighted by atomic mass is 16.5. The molecule has 0 amide bonds. The minimum atomic E-state index is 0.361. The van der Waals surface area contributed by atoms with Crippen molar-refractivity contribution >= 4 is 10.8 Å². The zero-order chi connectivity index (χ0) is 17.5. The van der Waals surface area contributed by atoms with Crippen molar-refractivity contribution in [2.24, 2.45) is 0 Å². The summed E-state index contributed by atoms with van der Waals surface area (Å²) in [7, 11) is 0. The van der Waals surface area contributed by atoms with Crippen LogP contribution in [0, 0.1) is 0 Å². The first kappa shape index (κ1) is 17.5. The highest BCUT2D eigenvalue weighted by Crippen LogP contribution is 2.29. The van der Waals surface area contributed by atoms with Crippen LogP contribution in [0.25, 0.3) is 10.8 Å². The first-order valence-corrected chi connectivity index (χ1v) is 9.25. The van der Waals surface area contributed by atoms with Crippen LogP contribution in [0.2, 0.25) is 0 Å². The number of hydrogen-bond donors (Lipinski definition) is 1. The van der Waals surface area contributed by atoms with Gasteiger partial charge in [-0.25, -0.2) is 0 Å². The molecule has 3 aromatic carbocycles. The summed E-state index contributed by atoms with van der Waals surface area (Å²) in [4.78, 5) is 0. The Balaban J connectivity index is 1.89. The molecule has 0 aromatic heterocycles. The van der Waals surface area contributed by atoms with E-state index in [-0.39, 0.29) is 0 Å². The fourth-order valence-corrected chi connectivity index (χ4v) is 3.37. The van der Waals surface area contributed by atoms with Gasteiger partial charge in [-0.3, -0.25) is 0 Å². The molecule has 0 saturated carbocycles. The standard InChI is InChI=1S/C23H27NO/c1-3-10-22(19-12-6-5-7-13-19)24-17-21-20-14-9-8-11-18(20)15-16-23(21)25-4-2/h5-9,11-16,22,24H,3-4,10,17H2,1-2H3. The molecule has 2 heteroatoms. The van der Waals surface area contributed by atoms with E-state index in [1.54, 1.807) is 0 Å². The molecule has 0 saturated heterocycles. The van der Waals surface area contributed by atoms with Crippen LogP contribution in [0.15, 0.2) is 66.7 Å². The van der Waals surface area contributed by atoms with E-state index in [9.17, 15) is 0 Å². The third kappa shape index (κ3) is 4.21. The summed E-state index contributed by atoms with van der Waals surface area (Å²) < 4.78 is 5.90. The molecule has 3 rings (SSSR count). The molecule has 0 fully saturated rings. The maximum absolute atomic E-state index is 5.90. The molecule has 0 aliphatic heterocycles. The van der Waals surface area contributed by atoms with E-state index < -0.39 is 0 Å². The van der Waals surface area contributed by atoms with E-state index in [4.69, 9.17) is 4.74 Å². The normalized spacial score (nSPS) is 12.2. The lowest BCUT2D eigenvalue weighted by Gasteiger charge is -2.21. The van der Waals surface area contributed by atoms with Crippen molar-refractivity contribution in [1.82, 2.24) is 5.32 Å². The lowest BCUT2D eigenvalue weighted by Crippen LogP contribution is -2.21. The van der Waals surface area contributed by atoms with Crippen LogP contribution >= 0.6 is 0 Å². The molecular weight excluding hydrogens is 306 g/mol. The Morgan fingerprint density at radius 3 is 2.40 bits per heavy atom. The van der Waals surface area contributed by atoms with Crippen LogP contribution in [-0.2, 0) is 6.54 Å². The van der Waals surface area contributed by atoms with Gasteiger partial charge in [0, 0.05) is 18.2 Å². The van der Waals surface area contributed by atoms with Crippen molar-refractivity contribution in [2.75, 3.05) is 6.61 Å². The SMILES string of the molecule is CCCC(NCc1c(OCC)ccc2ccccc12)c1ccccc1. The van der Waals surface area contributed by atoms with Crippen molar-refractivity contribution in [3.05, 3.63) is 77.9 Å². The van der Waals surface area contributed by atoms with E-state index >= 15 is 0 Å². The van der Waals surface area contributed by atoms with Gasteiger partial charge < -0.3 is 10.1 Å². The number of benzene rings is 3. The summed E-state index contributed by atoms with van der Waals surface area (Å²) in [5.74, 6) is 0.983. The van der Waals surface area contributed by atoms with E-state index in [1.807, 2.05) is 6.92 Å². The zero-order valence-corrected chi connectivity index (χ0v) is 15.2. The molecule has 0 aliphatic carbocycles. The van der Waals surface area contributed by atoms with E-state index in [0.717, 1.165) is 25.1 Å². The minimum absolute atomic E-state index is 0.361. The number of ether oxygens (including phenoxy) is 1. The maximum atomic E-state index is 5.90. The zero-order valence-electron chi connectivity index (χ0n) is 15.2. The fraction of sp³-hybridized carbons (Fsp3) is 0.304. The van der Waals surface area contributed by atoms with Crippen LogP contribution in [0.1, 0.15) is 43.9 Å². The molecule has 3 aromatic rings. The third-order valence-corrected chi connectivity index (χ3v) is 4.60. The molecule has 2 nitrogen and oxygen atoms in total. The van der Waals surface area contributed by atoms with Crippen molar-refractivity contribution in [3.8, 4) is 5.75 Å². The van der Waals surface area contributed by atoms with Crippen LogP contribution in [0.3, 0.4) is 0 Å². The molecule has 25 heavy (non-hydrogen) atoms. The molecule has 130 valence electrons. The smallest absolute Gasteiger partial charge is 0.124 e. The van der Waals surface area contributed by atoms with Crippen LogP contribution < -0.4 is 10.1 Å². The topological polar surface area (TPSA) is 21.3 Å². The van der Waals surface area contributed by atoms with Crippen molar-refractivity contribution < 1.29 is 4.74 Å². The average molecular weight is 333 g/mol. The molecular formula is C23H27NO. The lowest BCUT2D eigenvalue weighted by atomic mass is 10.00. The maximum Gasteiger partial charge on any atom is 0.124 e. The molecule has 1 atom stereocenters. The fourth-order valence-electron chi connectivity index (χ4n) is 3.37. The van der Waals surface area contributed by atoms with Crippen LogP contribution in [-0.4, -0.2) is 6.61 Å². The van der Waals surface area contributed by atoms with Gasteiger partial charge in [-0.2, -0.15) is 0 Å². The van der Waals surface area contributed by atoms with Crippen molar-refractivity contribution in [1.29, 1.82) is 0 Å². The lowest BCUT2D eigenvalue weighted by molar-refractivity contribution is 0.335. The van der Waals surface area contributed by atoms with Gasteiger partial charge in [0.05, 0.1) is 6.61 Å². The molecule has 0 heterocycles.